The van der Waals surface area contributed by atoms with Gasteiger partial charge in [0, 0.05) is 23.5 Å². The lowest BCUT2D eigenvalue weighted by molar-refractivity contribution is -0.116. The summed E-state index contributed by atoms with van der Waals surface area (Å²) in [7, 11) is 0. The Kier molecular flexibility index (Phi) is 7.67. The summed E-state index contributed by atoms with van der Waals surface area (Å²) in [4.78, 5) is 23.4. The molecule has 0 radical (unpaired) electrons. The average molecular weight is 369 g/mol. The molecule has 0 saturated carbocycles. The van der Waals surface area contributed by atoms with Gasteiger partial charge in [0.1, 0.15) is 5.75 Å². The number of nitrogens with one attached hydrogen (secondary N) is 3. The number of hydrogen-bond acceptors (Lipinski definition) is 4. The van der Waals surface area contributed by atoms with Crippen LogP contribution in [-0.2, 0) is 9.59 Å². The summed E-state index contributed by atoms with van der Waals surface area (Å²) < 4.78 is 5.72. The molecule has 0 aliphatic carbocycles. The molecular formula is C21H27N3O3. The normalized spacial score (nSPS) is 11.4. The summed E-state index contributed by atoms with van der Waals surface area (Å²) in [6.45, 7) is 6.04. The molecule has 2 aromatic rings. The molecule has 0 spiro atoms. The highest BCUT2D eigenvalue weighted by Crippen LogP contribution is 2.18. The van der Waals surface area contributed by atoms with Crippen molar-refractivity contribution >= 4 is 28.9 Å². The van der Waals surface area contributed by atoms with Crippen LogP contribution in [0.25, 0.3) is 0 Å². The van der Waals surface area contributed by atoms with E-state index in [0.29, 0.717) is 6.42 Å². The molecule has 3 N–H and O–H groups in total. The van der Waals surface area contributed by atoms with E-state index >= 15 is 0 Å². The highest BCUT2D eigenvalue weighted by Gasteiger charge is 2.05. The van der Waals surface area contributed by atoms with Gasteiger partial charge in [0.25, 0.3) is 0 Å². The Morgan fingerprint density at radius 3 is 1.93 bits per heavy atom. The van der Waals surface area contributed by atoms with E-state index < -0.39 is 0 Å². The van der Waals surface area contributed by atoms with Crippen molar-refractivity contribution in [2.45, 2.75) is 39.7 Å². The van der Waals surface area contributed by atoms with Crippen LogP contribution < -0.4 is 20.7 Å². The summed E-state index contributed by atoms with van der Waals surface area (Å²) in [5.41, 5.74) is 2.25. The first-order chi connectivity index (χ1) is 13.0. The smallest absolute Gasteiger partial charge is 0.243 e. The molecule has 0 saturated heterocycles. The van der Waals surface area contributed by atoms with Crippen molar-refractivity contribution in [3.8, 4) is 5.75 Å². The Hall–Kier alpha value is -3.02. The average Bonchev–Trinajstić information content (AvgIpc) is 2.68. The second kappa shape index (κ2) is 10.2. The largest absolute Gasteiger partial charge is 0.491 e. The Bertz CT molecular complexity index is 742. The van der Waals surface area contributed by atoms with E-state index in [1.165, 1.54) is 0 Å². The van der Waals surface area contributed by atoms with E-state index in [-0.39, 0.29) is 24.5 Å². The molecule has 1 atom stereocenters. The molecule has 0 bridgehead atoms. The molecular weight excluding hydrogens is 342 g/mol. The van der Waals surface area contributed by atoms with Crippen LogP contribution in [0.5, 0.6) is 5.75 Å². The second-order valence-corrected chi connectivity index (χ2v) is 6.24. The molecule has 27 heavy (non-hydrogen) atoms. The number of hydrogen-bond donors (Lipinski definition) is 3. The fraction of sp³-hybridized carbons (Fsp3) is 0.333. The molecule has 0 aromatic heterocycles. The lowest BCUT2D eigenvalue weighted by Crippen LogP contribution is -2.21. The van der Waals surface area contributed by atoms with Crippen molar-refractivity contribution in [3.05, 3.63) is 48.5 Å². The molecule has 0 aliphatic heterocycles. The van der Waals surface area contributed by atoms with E-state index in [1.54, 1.807) is 19.1 Å². The van der Waals surface area contributed by atoms with Gasteiger partial charge in [-0.15, -0.1) is 0 Å². The minimum Gasteiger partial charge on any atom is -0.491 e. The van der Waals surface area contributed by atoms with E-state index in [1.807, 2.05) is 43.3 Å². The topological polar surface area (TPSA) is 79.5 Å². The third-order valence-corrected chi connectivity index (χ3v) is 3.99. The van der Waals surface area contributed by atoms with Crippen molar-refractivity contribution in [1.82, 2.24) is 0 Å². The SMILES string of the molecule is CCC(=O)Nc1ccc(NCC(=O)Nc2ccc(OC(C)CC)cc2)cc1. The summed E-state index contributed by atoms with van der Waals surface area (Å²) in [5.74, 6) is 0.611. The number of amides is 2. The van der Waals surface area contributed by atoms with E-state index in [0.717, 1.165) is 29.2 Å². The maximum Gasteiger partial charge on any atom is 0.243 e. The van der Waals surface area contributed by atoms with Crippen LogP contribution in [0.3, 0.4) is 0 Å². The van der Waals surface area contributed by atoms with Crippen LogP contribution in [0, 0.1) is 0 Å². The van der Waals surface area contributed by atoms with Gasteiger partial charge >= 0.3 is 0 Å². The molecule has 144 valence electrons. The van der Waals surface area contributed by atoms with Crippen LogP contribution in [0.15, 0.2) is 48.5 Å². The van der Waals surface area contributed by atoms with E-state index in [9.17, 15) is 9.59 Å². The second-order valence-electron chi connectivity index (χ2n) is 6.24. The number of anilines is 3. The maximum atomic E-state index is 12.1. The number of ether oxygens (including phenoxy) is 1. The third-order valence-electron chi connectivity index (χ3n) is 3.99. The molecule has 6 nitrogen and oxygen atoms in total. The first-order valence-electron chi connectivity index (χ1n) is 9.20. The molecule has 0 aliphatic rings. The fourth-order valence-electron chi connectivity index (χ4n) is 2.24. The standard InChI is InChI=1S/C21H27N3O3/c1-4-15(3)27-19-12-10-18(11-13-19)24-21(26)14-22-16-6-8-17(9-7-16)23-20(25)5-2/h6-13,15,22H,4-5,14H2,1-3H3,(H,23,25)(H,24,26). The molecule has 0 heterocycles. The lowest BCUT2D eigenvalue weighted by Gasteiger charge is -2.13. The van der Waals surface area contributed by atoms with Gasteiger partial charge in [-0.2, -0.15) is 0 Å². The van der Waals surface area contributed by atoms with Crippen LogP contribution >= 0.6 is 0 Å². The van der Waals surface area contributed by atoms with Crippen molar-refractivity contribution in [2.75, 3.05) is 22.5 Å². The molecule has 1 unspecified atom stereocenters. The zero-order chi connectivity index (χ0) is 19.6. The lowest BCUT2D eigenvalue weighted by atomic mass is 10.2. The summed E-state index contributed by atoms with van der Waals surface area (Å²) >= 11 is 0. The van der Waals surface area contributed by atoms with Gasteiger partial charge in [0.2, 0.25) is 11.8 Å². The molecule has 6 heteroatoms. The van der Waals surface area contributed by atoms with E-state index in [2.05, 4.69) is 22.9 Å². The van der Waals surface area contributed by atoms with Crippen molar-refractivity contribution in [3.63, 3.8) is 0 Å². The van der Waals surface area contributed by atoms with Gasteiger partial charge in [0.15, 0.2) is 0 Å². The van der Waals surface area contributed by atoms with Gasteiger partial charge in [-0.25, -0.2) is 0 Å². The summed E-state index contributed by atoms with van der Waals surface area (Å²) in [6, 6.07) is 14.6. The molecule has 0 fully saturated rings. The van der Waals surface area contributed by atoms with Gasteiger partial charge in [-0.05, 0) is 61.9 Å². The van der Waals surface area contributed by atoms with Gasteiger partial charge < -0.3 is 20.7 Å². The number of rotatable bonds is 9. The Labute approximate surface area is 160 Å². The highest BCUT2D eigenvalue weighted by molar-refractivity contribution is 5.94. The predicted molar refractivity (Wildman–Crippen MR) is 109 cm³/mol. The Morgan fingerprint density at radius 1 is 0.852 bits per heavy atom. The molecule has 2 rings (SSSR count). The van der Waals surface area contributed by atoms with Crippen LogP contribution in [0.4, 0.5) is 17.1 Å². The maximum absolute atomic E-state index is 12.1. The molecule has 2 amide bonds. The van der Waals surface area contributed by atoms with Crippen molar-refractivity contribution in [2.24, 2.45) is 0 Å². The Morgan fingerprint density at radius 2 is 1.37 bits per heavy atom. The minimum atomic E-state index is -0.144. The number of benzene rings is 2. The number of carbonyl (C=O) groups excluding carboxylic acids is 2. The van der Waals surface area contributed by atoms with Crippen LogP contribution in [-0.4, -0.2) is 24.5 Å². The van der Waals surface area contributed by atoms with E-state index in [4.69, 9.17) is 4.74 Å². The fourth-order valence-corrected chi connectivity index (χ4v) is 2.24. The monoisotopic (exact) mass is 369 g/mol. The number of carbonyl (C=O) groups is 2. The van der Waals surface area contributed by atoms with Crippen molar-refractivity contribution < 1.29 is 14.3 Å². The van der Waals surface area contributed by atoms with Gasteiger partial charge in [-0.3, -0.25) is 9.59 Å². The zero-order valence-electron chi connectivity index (χ0n) is 16.0. The van der Waals surface area contributed by atoms with Crippen molar-refractivity contribution in [1.29, 1.82) is 0 Å². The van der Waals surface area contributed by atoms with Crippen LogP contribution in [0.1, 0.15) is 33.6 Å². The third kappa shape index (κ3) is 7.01. The zero-order valence-corrected chi connectivity index (χ0v) is 16.0. The summed E-state index contributed by atoms with van der Waals surface area (Å²) in [5, 5.41) is 8.67. The quantitative estimate of drug-likeness (QED) is 0.617. The summed E-state index contributed by atoms with van der Waals surface area (Å²) in [6.07, 6.45) is 1.54. The highest BCUT2D eigenvalue weighted by atomic mass is 16.5. The Balaban J connectivity index is 1.79. The predicted octanol–water partition coefficient (Wildman–Crippen LogP) is 4.26. The minimum absolute atomic E-state index is 0.0318. The molecule has 2 aromatic carbocycles. The van der Waals surface area contributed by atoms with Gasteiger partial charge in [0.05, 0.1) is 12.6 Å². The first-order valence-corrected chi connectivity index (χ1v) is 9.20. The van der Waals surface area contributed by atoms with Gasteiger partial charge in [-0.1, -0.05) is 13.8 Å². The first kappa shape index (κ1) is 20.3. The van der Waals surface area contributed by atoms with Crippen LogP contribution in [0.2, 0.25) is 0 Å².